The van der Waals surface area contributed by atoms with Gasteiger partial charge < -0.3 is 4.90 Å². The fourth-order valence-corrected chi connectivity index (χ4v) is 7.55. The number of imide groups is 1. The normalized spacial score (nSPS) is 15.0. The lowest BCUT2D eigenvalue weighted by Gasteiger charge is -2.36. The molecule has 10 heteroatoms. The average Bonchev–Trinajstić information content (AvgIpc) is 3.55. The Hall–Kier alpha value is -4.34. The molecule has 0 bridgehead atoms. The van der Waals surface area contributed by atoms with Gasteiger partial charge in [-0.05, 0) is 83.9 Å². The predicted molar refractivity (Wildman–Crippen MR) is 181 cm³/mol. The van der Waals surface area contributed by atoms with Crippen LogP contribution < -0.4 is 9.80 Å². The molecule has 0 radical (unpaired) electrons. The van der Waals surface area contributed by atoms with E-state index in [9.17, 15) is 18.8 Å². The van der Waals surface area contributed by atoms with E-state index >= 15 is 0 Å². The summed E-state index contributed by atoms with van der Waals surface area (Å²) in [6.45, 7) is 3.19. The smallest absolute Gasteiger partial charge is 0.266 e. The maximum Gasteiger partial charge on any atom is 0.266 e. The molecule has 7 rings (SSSR count). The first-order valence-corrected chi connectivity index (χ1v) is 16.3. The Morgan fingerprint density at radius 1 is 0.739 bits per heavy atom. The molecule has 0 N–H and O–H groups in total. The second-order valence-electron chi connectivity index (χ2n) is 11.2. The summed E-state index contributed by atoms with van der Waals surface area (Å²) in [5.41, 5.74) is 3.81. The summed E-state index contributed by atoms with van der Waals surface area (Å²) in [6.07, 6.45) is 0. The van der Waals surface area contributed by atoms with Gasteiger partial charge in [0, 0.05) is 58.9 Å². The SMILES string of the molecule is O=C(c1ccc(Cl)cc1)c1c(N2C(=O)c3ccccc3C2=O)sc(-c2ccc(Cl)cc2)c1CN1CCN(c2ccc(F)cc2)CC1. The van der Waals surface area contributed by atoms with Crippen LogP contribution in [-0.4, -0.2) is 48.7 Å². The van der Waals surface area contributed by atoms with Crippen LogP contribution in [0.4, 0.5) is 15.1 Å². The lowest BCUT2D eigenvalue weighted by atomic mass is 9.97. The first-order valence-electron chi connectivity index (χ1n) is 14.7. The van der Waals surface area contributed by atoms with Gasteiger partial charge in [-0.1, -0.05) is 47.5 Å². The zero-order valence-corrected chi connectivity index (χ0v) is 26.7. The Balaban J connectivity index is 1.33. The molecule has 3 heterocycles. The van der Waals surface area contributed by atoms with E-state index in [-0.39, 0.29) is 16.6 Å². The average molecular weight is 671 g/mol. The summed E-state index contributed by atoms with van der Waals surface area (Å²) in [7, 11) is 0. The Kier molecular flexibility index (Phi) is 8.21. The van der Waals surface area contributed by atoms with Gasteiger partial charge in [-0.15, -0.1) is 11.3 Å². The van der Waals surface area contributed by atoms with Gasteiger partial charge in [-0.25, -0.2) is 9.29 Å². The van der Waals surface area contributed by atoms with Crippen molar-refractivity contribution in [3.8, 4) is 10.4 Å². The molecule has 1 saturated heterocycles. The Morgan fingerprint density at radius 3 is 1.89 bits per heavy atom. The topological polar surface area (TPSA) is 60.9 Å². The Morgan fingerprint density at radius 2 is 1.30 bits per heavy atom. The molecule has 230 valence electrons. The lowest BCUT2D eigenvalue weighted by Crippen LogP contribution is -2.46. The maximum atomic E-state index is 14.5. The molecule has 0 unspecified atom stereocenters. The van der Waals surface area contributed by atoms with Crippen molar-refractivity contribution in [3.05, 3.63) is 141 Å². The number of halogens is 3. The minimum atomic E-state index is -0.464. The third kappa shape index (κ3) is 5.62. The molecule has 2 amide bonds. The van der Waals surface area contributed by atoms with Crippen LogP contribution in [0.3, 0.4) is 0 Å². The van der Waals surface area contributed by atoms with Crippen LogP contribution in [0.25, 0.3) is 10.4 Å². The Labute approximate surface area is 279 Å². The van der Waals surface area contributed by atoms with Gasteiger partial charge in [0.1, 0.15) is 10.8 Å². The van der Waals surface area contributed by atoms with E-state index in [0.29, 0.717) is 65.0 Å². The monoisotopic (exact) mass is 669 g/mol. The van der Waals surface area contributed by atoms with Gasteiger partial charge in [0.25, 0.3) is 11.8 Å². The van der Waals surface area contributed by atoms with Crippen LogP contribution in [0.5, 0.6) is 0 Å². The quantitative estimate of drug-likeness (QED) is 0.129. The lowest BCUT2D eigenvalue weighted by molar-refractivity contribution is 0.0927. The molecule has 6 nitrogen and oxygen atoms in total. The fraction of sp³-hybridized carbons (Fsp3) is 0.139. The summed E-state index contributed by atoms with van der Waals surface area (Å²) in [5, 5.41) is 1.34. The van der Waals surface area contributed by atoms with Crippen molar-refractivity contribution in [2.75, 3.05) is 36.0 Å². The van der Waals surface area contributed by atoms with Crippen molar-refractivity contribution in [2.45, 2.75) is 6.54 Å². The zero-order chi connectivity index (χ0) is 31.9. The summed E-state index contributed by atoms with van der Waals surface area (Å²) >= 11 is 13.7. The van der Waals surface area contributed by atoms with E-state index in [1.165, 1.54) is 23.5 Å². The molecule has 1 fully saturated rings. The highest BCUT2D eigenvalue weighted by atomic mass is 35.5. The fourth-order valence-electron chi connectivity index (χ4n) is 5.99. The number of piperazine rings is 1. The van der Waals surface area contributed by atoms with Crippen LogP contribution in [0.2, 0.25) is 10.0 Å². The van der Waals surface area contributed by atoms with Crippen molar-refractivity contribution >= 4 is 62.8 Å². The van der Waals surface area contributed by atoms with E-state index in [4.69, 9.17) is 23.2 Å². The number of ketones is 1. The molecule has 0 aliphatic carbocycles. The minimum absolute atomic E-state index is 0.277. The van der Waals surface area contributed by atoms with Gasteiger partial charge in [0.05, 0.1) is 16.7 Å². The number of anilines is 2. The molecule has 1 aromatic heterocycles. The number of carbonyl (C=O) groups excluding carboxylic acids is 3. The van der Waals surface area contributed by atoms with E-state index in [1.54, 1.807) is 72.8 Å². The summed E-state index contributed by atoms with van der Waals surface area (Å²) in [5.74, 6) is -1.51. The first kappa shape index (κ1) is 30.3. The standard InChI is InChI=1S/C36H26Cl2FN3O3S/c37-24-9-5-22(6-10-24)32(43)31-30(21-40-17-19-41(20-18-40)27-15-13-26(39)14-16-27)33(23-7-11-25(38)12-8-23)46-36(31)42-34(44)28-3-1-2-4-29(28)35(42)45/h1-16H,17-21H2. The molecular formula is C36H26Cl2FN3O3S. The van der Waals surface area contributed by atoms with Crippen LogP contribution in [0.1, 0.15) is 42.2 Å². The van der Waals surface area contributed by atoms with E-state index in [1.807, 2.05) is 12.1 Å². The van der Waals surface area contributed by atoms with Crippen molar-refractivity contribution in [2.24, 2.45) is 0 Å². The molecule has 5 aromatic rings. The van der Waals surface area contributed by atoms with Gasteiger partial charge >= 0.3 is 0 Å². The molecule has 46 heavy (non-hydrogen) atoms. The van der Waals surface area contributed by atoms with Crippen LogP contribution in [-0.2, 0) is 6.54 Å². The maximum absolute atomic E-state index is 14.5. The van der Waals surface area contributed by atoms with Crippen molar-refractivity contribution in [3.63, 3.8) is 0 Å². The van der Waals surface area contributed by atoms with Crippen LogP contribution in [0.15, 0.2) is 97.1 Å². The van der Waals surface area contributed by atoms with E-state index in [2.05, 4.69) is 9.80 Å². The number of nitrogens with zero attached hydrogens (tertiary/aromatic N) is 3. The highest BCUT2D eigenvalue weighted by molar-refractivity contribution is 7.20. The largest absolute Gasteiger partial charge is 0.369 e. The molecular weight excluding hydrogens is 644 g/mol. The number of benzene rings is 4. The second-order valence-corrected chi connectivity index (χ2v) is 13.0. The molecule has 4 aromatic carbocycles. The van der Waals surface area contributed by atoms with Gasteiger partial charge in [0.15, 0.2) is 5.78 Å². The van der Waals surface area contributed by atoms with Gasteiger partial charge in [0.2, 0.25) is 0 Å². The number of rotatable bonds is 7. The van der Waals surface area contributed by atoms with Gasteiger partial charge in [-0.3, -0.25) is 19.3 Å². The molecule has 2 aliphatic heterocycles. The third-order valence-corrected chi connectivity index (χ3v) is 10.1. The number of amides is 2. The van der Waals surface area contributed by atoms with Crippen molar-refractivity contribution < 1.29 is 18.8 Å². The highest BCUT2D eigenvalue weighted by Gasteiger charge is 2.41. The van der Waals surface area contributed by atoms with Crippen molar-refractivity contribution in [1.82, 2.24) is 4.90 Å². The summed E-state index contributed by atoms with van der Waals surface area (Å²) in [6, 6.07) is 27.1. The van der Waals surface area contributed by atoms with E-state index in [0.717, 1.165) is 26.6 Å². The third-order valence-electron chi connectivity index (χ3n) is 8.37. The summed E-state index contributed by atoms with van der Waals surface area (Å²) in [4.78, 5) is 48.4. The van der Waals surface area contributed by atoms with Crippen molar-refractivity contribution in [1.29, 1.82) is 0 Å². The molecule has 0 saturated carbocycles. The number of carbonyl (C=O) groups is 3. The molecule has 2 aliphatic rings. The van der Waals surface area contributed by atoms with Crippen LogP contribution >= 0.6 is 34.5 Å². The number of fused-ring (bicyclic) bond motifs is 1. The van der Waals surface area contributed by atoms with E-state index < -0.39 is 11.8 Å². The summed E-state index contributed by atoms with van der Waals surface area (Å²) < 4.78 is 13.5. The predicted octanol–water partition coefficient (Wildman–Crippen LogP) is 8.21. The number of hydrogen-bond acceptors (Lipinski definition) is 6. The second kappa shape index (κ2) is 12.5. The minimum Gasteiger partial charge on any atom is -0.369 e. The van der Waals surface area contributed by atoms with Gasteiger partial charge in [-0.2, -0.15) is 0 Å². The first-order chi connectivity index (χ1) is 22.3. The molecule has 0 spiro atoms. The molecule has 0 atom stereocenters. The number of hydrogen-bond donors (Lipinski definition) is 0. The Bertz CT molecular complexity index is 1930. The van der Waals surface area contributed by atoms with Crippen LogP contribution in [0, 0.1) is 5.82 Å². The number of thiophene rings is 1. The highest BCUT2D eigenvalue weighted by Crippen LogP contribution is 2.46. The zero-order valence-electron chi connectivity index (χ0n) is 24.4.